The summed E-state index contributed by atoms with van der Waals surface area (Å²) in [5.74, 6) is 0.896. The molecule has 0 fully saturated rings. The summed E-state index contributed by atoms with van der Waals surface area (Å²) in [4.78, 5) is 16.3. The van der Waals surface area contributed by atoms with E-state index in [0.717, 1.165) is 11.1 Å². The van der Waals surface area contributed by atoms with Crippen LogP contribution in [-0.4, -0.2) is 22.6 Å². The van der Waals surface area contributed by atoms with Gasteiger partial charge in [-0.15, -0.1) is 0 Å². The van der Waals surface area contributed by atoms with Crippen LogP contribution in [-0.2, 0) is 17.6 Å². The second-order valence-electron chi connectivity index (χ2n) is 5.71. The number of nitrogens with one attached hydrogen (secondary N) is 1. The topological polar surface area (TPSA) is 68.0 Å². The zero-order valence-corrected chi connectivity index (χ0v) is 15.4. The Morgan fingerprint density at radius 2 is 1.88 bits per heavy atom. The Labute approximate surface area is 161 Å². The average molecular weight is 390 g/mol. The van der Waals surface area contributed by atoms with E-state index in [2.05, 4.69) is 15.5 Å². The molecule has 1 N–H and O–H groups in total. The minimum absolute atomic E-state index is 0.0745. The van der Waals surface area contributed by atoms with Crippen LogP contribution >= 0.6 is 23.2 Å². The zero-order valence-electron chi connectivity index (χ0n) is 13.9. The molecule has 0 unspecified atom stereocenters. The van der Waals surface area contributed by atoms with Gasteiger partial charge in [-0.25, -0.2) is 0 Å². The van der Waals surface area contributed by atoms with Crippen molar-refractivity contribution in [1.82, 2.24) is 15.5 Å². The summed E-state index contributed by atoms with van der Waals surface area (Å²) in [6, 6.07) is 14.9. The van der Waals surface area contributed by atoms with Gasteiger partial charge >= 0.3 is 0 Å². The third-order valence-corrected chi connectivity index (χ3v) is 4.38. The molecule has 3 aromatic rings. The number of rotatable bonds is 7. The molecule has 1 aromatic heterocycles. The van der Waals surface area contributed by atoms with E-state index in [0.29, 0.717) is 41.1 Å². The molecular formula is C19H17Cl2N3O2. The summed E-state index contributed by atoms with van der Waals surface area (Å²) in [6.07, 6.45) is 1.32. The first-order valence-corrected chi connectivity index (χ1v) is 8.96. The van der Waals surface area contributed by atoms with E-state index in [4.69, 9.17) is 27.7 Å². The van der Waals surface area contributed by atoms with Crippen LogP contribution in [0.1, 0.15) is 17.9 Å². The molecule has 0 radical (unpaired) electrons. The number of aromatic nitrogens is 2. The van der Waals surface area contributed by atoms with E-state index in [1.165, 1.54) is 0 Å². The number of nitrogens with zero attached hydrogens (tertiary/aromatic N) is 2. The Balaban J connectivity index is 1.44. The number of hydrogen-bond acceptors (Lipinski definition) is 4. The van der Waals surface area contributed by atoms with Gasteiger partial charge in [0.2, 0.25) is 17.6 Å². The van der Waals surface area contributed by atoms with Crippen molar-refractivity contribution in [3.05, 3.63) is 70.0 Å². The number of carbonyl (C=O) groups excluding carboxylic acids is 1. The number of hydrogen-bond donors (Lipinski definition) is 1. The van der Waals surface area contributed by atoms with Crippen molar-refractivity contribution in [3.8, 4) is 11.4 Å². The predicted octanol–water partition coefficient (Wildman–Crippen LogP) is 4.33. The Bertz CT molecular complexity index is 882. The molecule has 0 bridgehead atoms. The van der Waals surface area contributed by atoms with Gasteiger partial charge in [0, 0.05) is 35.0 Å². The monoisotopic (exact) mass is 389 g/mol. The van der Waals surface area contributed by atoms with Gasteiger partial charge in [-0.2, -0.15) is 4.98 Å². The highest BCUT2D eigenvalue weighted by Crippen LogP contribution is 2.21. The number of aryl methyl sites for hydroxylation is 1. The summed E-state index contributed by atoms with van der Waals surface area (Å²) in [7, 11) is 0. The number of carbonyl (C=O) groups is 1. The van der Waals surface area contributed by atoms with Crippen LogP contribution in [0.3, 0.4) is 0 Å². The fraction of sp³-hybridized carbons (Fsp3) is 0.211. The number of halogens is 2. The molecule has 7 heteroatoms. The SMILES string of the molecule is O=C(CCc1nc(-c2ccccc2)no1)NCCc1ccc(Cl)cc1Cl. The van der Waals surface area contributed by atoms with Crippen LogP contribution in [0.15, 0.2) is 53.1 Å². The molecule has 5 nitrogen and oxygen atoms in total. The largest absolute Gasteiger partial charge is 0.356 e. The van der Waals surface area contributed by atoms with Crippen molar-refractivity contribution in [3.63, 3.8) is 0 Å². The molecule has 0 saturated carbocycles. The molecule has 0 saturated heterocycles. The van der Waals surface area contributed by atoms with Gasteiger partial charge in [0.25, 0.3) is 0 Å². The highest BCUT2D eigenvalue weighted by Gasteiger charge is 2.10. The van der Waals surface area contributed by atoms with Gasteiger partial charge in [0.1, 0.15) is 0 Å². The summed E-state index contributed by atoms with van der Waals surface area (Å²) < 4.78 is 5.20. The molecule has 2 aromatic carbocycles. The first-order chi connectivity index (χ1) is 12.6. The highest BCUT2D eigenvalue weighted by atomic mass is 35.5. The van der Waals surface area contributed by atoms with E-state index in [1.54, 1.807) is 12.1 Å². The normalized spacial score (nSPS) is 10.7. The zero-order chi connectivity index (χ0) is 18.4. The molecule has 0 spiro atoms. The van der Waals surface area contributed by atoms with E-state index in [1.807, 2.05) is 36.4 Å². The maximum absolute atomic E-state index is 12.0. The standard InChI is InChI=1S/C19H17Cl2N3O2/c20-15-7-6-13(16(21)12-15)10-11-22-17(25)8-9-18-23-19(24-26-18)14-4-2-1-3-5-14/h1-7,12H,8-11H2,(H,22,25). The third kappa shape index (κ3) is 5.07. The molecule has 26 heavy (non-hydrogen) atoms. The lowest BCUT2D eigenvalue weighted by molar-refractivity contribution is -0.121. The lowest BCUT2D eigenvalue weighted by atomic mass is 10.1. The van der Waals surface area contributed by atoms with Crippen molar-refractivity contribution in [2.75, 3.05) is 6.54 Å². The summed E-state index contributed by atoms with van der Waals surface area (Å²) in [6.45, 7) is 0.499. The van der Waals surface area contributed by atoms with Crippen molar-refractivity contribution in [2.24, 2.45) is 0 Å². The molecule has 0 aliphatic carbocycles. The van der Waals surface area contributed by atoms with E-state index in [-0.39, 0.29) is 12.3 Å². The minimum atomic E-state index is -0.0745. The van der Waals surface area contributed by atoms with Crippen molar-refractivity contribution >= 4 is 29.1 Å². The van der Waals surface area contributed by atoms with Crippen LogP contribution in [0.25, 0.3) is 11.4 Å². The molecular weight excluding hydrogens is 373 g/mol. The second kappa shape index (κ2) is 8.83. The number of benzene rings is 2. The van der Waals surface area contributed by atoms with Crippen LogP contribution in [0, 0.1) is 0 Å². The Morgan fingerprint density at radius 3 is 2.65 bits per heavy atom. The molecule has 0 atom stereocenters. The molecule has 0 aliphatic rings. The molecule has 134 valence electrons. The molecule has 0 aliphatic heterocycles. The summed E-state index contributed by atoms with van der Waals surface area (Å²) in [5.41, 5.74) is 1.83. The Kier molecular flexibility index (Phi) is 6.26. The molecule has 3 rings (SSSR count). The van der Waals surface area contributed by atoms with Crippen LogP contribution < -0.4 is 5.32 Å². The maximum atomic E-state index is 12.0. The maximum Gasteiger partial charge on any atom is 0.227 e. The van der Waals surface area contributed by atoms with Crippen molar-refractivity contribution in [2.45, 2.75) is 19.3 Å². The van der Waals surface area contributed by atoms with Gasteiger partial charge in [0.15, 0.2) is 0 Å². The van der Waals surface area contributed by atoms with Gasteiger partial charge in [-0.05, 0) is 24.1 Å². The van der Waals surface area contributed by atoms with Crippen LogP contribution in [0.4, 0.5) is 0 Å². The number of amides is 1. The van der Waals surface area contributed by atoms with E-state index < -0.39 is 0 Å². The van der Waals surface area contributed by atoms with E-state index >= 15 is 0 Å². The predicted molar refractivity (Wildman–Crippen MR) is 101 cm³/mol. The van der Waals surface area contributed by atoms with Gasteiger partial charge in [0.05, 0.1) is 0 Å². The van der Waals surface area contributed by atoms with Crippen LogP contribution in [0.5, 0.6) is 0 Å². The Morgan fingerprint density at radius 1 is 1.08 bits per heavy atom. The first kappa shape index (κ1) is 18.4. The fourth-order valence-electron chi connectivity index (χ4n) is 2.43. The highest BCUT2D eigenvalue weighted by molar-refractivity contribution is 6.35. The first-order valence-electron chi connectivity index (χ1n) is 8.20. The van der Waals surface area contributed by atoms with Crippen molar-refractivity contribution in [1.29, 1.82) is 0 Å². The molecule has 1 amide bonds. The minimum Gasteiger partial charge on any atom is -0.356 e. The Hall–Kier alpha value is -2.37. The fourth-order valence-corrected chi connectivity index (χ4v) is 2.93. The lowest BCUT2D eigenvalue weighted by Crippen LogP contribution is -2.26. The average Bonchev–Trinajstić information content (AvgIpc) is 3.12. The summed E-state index contributed by atoms with van der Waals surface area (Å²) in [5, 5.41) is 8.00. The lowest BCUT2D eigenvalue weighted by Gasteiger charge is -2.06. The third-order valence-electron chi connectivity index (χ3n) is 3.80. The smallest absolute Gasteiger partial charge is 0.227 e. The van der Waals surface area contributed by atoms with Crippen LogP contribution in [0.2, 0.25) is 10.0 Å². The quantitative estimate of drug-likeness (QED) is 0.652. The van der Waals surface area contributed by atoms with Gasteiger partial charge < -0.3 is 9.84 Å². The van der Waals surface area contributed by atoms with E-state index in [9.17, 15) is 4.79 Å². The van der Waals surface area contributed by atoms with Gasteiger partial charge in [-0.1, -0.05) is 64.8 Å². The summed E-state index contributed by atoms with van der Waals surface area (Å²) >= 11 is 12.0. The van der Waals surface area contributed by atoms with Crippen molar-refractivity contribution < 1.29 is 9.32 Å². The molecule has 1 heterocycles. The second-order valence-corrected chi connectivity index (χ2v) is 6.56. The van der Waals surface area contributed by atoms with Gasteiger partial charge in [-0.3, -0.25) is 4.79 Å².